The topological polar surface area (TPSA) is 73.2 Å². The molecule has 162 valence electrons. The van der Waals surface area contributed by atoms with Gasteiger partial charge in [-0.05, 0) is 42.7 Å². The van der Waals surface area contributed by atoms with Crippen LogP contribution < -0.4 is 5.32 Å². The number of carbonyl (C=O) groups excluding carboxylic acids is 2. The van der Waals surface area contributed by atoms with Crippen LogP contribution in [0.15, 0.2) is 54.6 Å². The Morgan fingerprint density at radius 3 is 2.35 bits per heavy atom. The van der Waals surface area contributed by atoms with E-state index in [0.717, 1.165) is 22.5 Å². The van der Waals surface area contributed by atoms with Crippen molar-refractivity contribution in [1.82, 2.24) is 9.78 Å². The van der Waals surface area contributed by atoms with Gasteiger partial charge in [-0.1, -0.05) is 57.2 Å². The molecule has 1 aromatic heterocycles. The number of para-hydroxylation sites is 1. The van der Waals surface area contributed by atoms with Crippen LogP contribution in [0.5, 0.6) is 0 Å². The molecule has 0 saturated heterocycles. The second kappa shape index (κ2) is 9.16. The van der Waals surface area contributed by atoms with E-state index in [1.165, 1.54) is 5.56 Å². The Balaban J connectivity index is 1.66. The smallest absolute Gasteiger partial charge is 0.310 e. The number of aryl methyl sites for hydroxylation is 2. The molecule has 0 aliphatic rings. The molecule has 31 heavy (non-hydrogen) atoms. The molecule has 0 radical (unpaired) electrons. The van der Waals surface area contributed by atoms with E-state index in [9.17, 15) is 9.59 Å². The maximum Gasteiger partial charge on any atom is 0.310 e. The second-order valence-electron chi connectivity index (χ2n) is 8.72. The first-order chi connectivity index (χ1) is 14.6. The zero-order valence-electron chi connectivity index (χ0n) is 18.7. The van der Waals surface area contributed by atoms with Crippen LogP contribution in [-0.4, -0.2) is 28.3 Å². The highest BCUT2D eigenvalue weighted by atomic mass is 16.5. The highest BCUT2D eigenvalue weighted by Crippen LogP contribution is 2.26. The molecule has 3 aromatic rings. The zero-order chi connectivity index (χ0) is 22.6. The van der Waals surface area contributed by atoms with Crippen molar-refractivity contribution in [2.45, 2.75) is 46.5 Å². The van der Waals surface area contributed by atoms with Gasteiger partial charge in [-0.2, -0.15) is 5.10 Å². The number of ether oxygens (including phenoxy) is 1. The van der Waals surface area contributed by atoms with Crippen molar-refractivity contribution < 1.29 is 14.3 Å². The molecule has 0 atom stereocenters. The summed E-state index contributed by atoms with van der Waals surface area (Å²) in [5.74, 6) is -0.317. The van der Waals surface area contributed by atoms with Crippen LogP contribution in [0.4, 0.5) is 5.82 Å². The summed E-state index contributed by atoms with van der Waals surface area (Å²) in [6.07, 6.45) is 0.129. The Morgan fingerprint density at radius 2 is 1.71 bits per heavy atom. The van der Waals surface area contributed by atoms with Gasteiger partial charge >= 0.3 is 5.97 Å². The molecule has 0 spiro atoms. The summed E-state index contributed by atoms with van der Waals surface area (Å²) in [4.78, 5) is 24.7. The summed E-state index contributed by atoms with van der Waals surface area (Å²) in [6.45, 7) is 9.85. The monoisotopic (exact) mass is 419 g/mol. The molecular weight excluding hydrogens is 390 g/mol. The van der Waals surface area contributed by atoms with Crippen molar-refractivity contribution in [3.8, 4) is 5.69 Å². The van der Waals surface area contributed by atoms with Gasteiger partial charge in [0, 0.05) is 11.5 Å². The normalized spacial score (nSPS) is 11.3. The molecule has 0 aliphatic heterocycles. The number of esters is 1. The number of anilines is 1. The minimum atomic E-state index is -0.439. The van der Waals surface area contributed by atoms with Crippen molar-refractivity contribution in [2.75, 3.05) is 11.9 Å². The van der Waals surface area contributed by atoms with Crippen molar-refractivity contribution in [1.29, 1.82) is 0 Å². The first kappa shape index (κ1) is 22.3. The number of amides is 1. The lowest BCUT2D eigenvalue weighted by atomic mass is 9.92. The maximum absolute atomic E-state index is 12.5. The van der Waals surface area contributed by atoms with E-state index >= 15 is 0 Å². The predicted molar refractivity (Wildman–Crippen MR) is 121 cm³/mol. The second-order valence-corrected chi connectivity index (χ2v) is 8.72. The van der Waals surface area contributed by atoms with E-state index in [1.54, 1.807) is 4.68 Å². The van der Waals surface area contributed by atoms with E-state index in [-0.39, 0.29) is 18.4 Å². The van der Waals surface area contributed by atoms with Crippen LogP contribution in [0.2, 0.25) is 0 Å². The van der Waals surface area contributed by atoms with Crippen LogP contribution in [0.3, 0.4) is 0 Å². The van der Waals surface area contributed by atoms with Crippen molar-refractivity contribution >= 4 is 17.7 Å². The molecule has 0 unspecified atom stereocenters. The van der Waals surface area contributed by atoms with Crippen molar-refractivity contribution in [3.63, 3.8) is 0 Å². The largest absolute Gasteiger partial charge is 0.455 e. The van der Waals surface area contributed by atoms with E-state index in [4.69, 9.17) is 4.74 Å². The molecular formula is C25H29N3O3. The number of carbonyl (C=O) groups is 2. The number of rotatable bonds is 6. The molecule has 1 amide bonds. The van der Waals surface area contributed by atoms with E-state index < -0.39 is 11.9 Å². The number of aromatic nitrogens is 2. The number of benzene rings is 2. The number of nitrogens with one attached hydrogen (secondary N) is 1. The lowest BCUT2D eigenvalue weighted by Crippen LogP contribution is -2.23. The SMILES string of the molecule is Cc1ccc(CC(=O)OCC(=O)Nc2cc(C(C)(C)C)nn2-c2ccccc2)cc1C. The summed E-state index contributed by atoms with van der Waals surface area (Å²) in [5, 5.41) is 7.49. The van der Waals surface area contributed by atoms with Crippen LogP contribution in [0.1, 0.15) is 43.2 Å². The minimum absolute atomic E-state index is 0.129. The highest BCUT2D eigenvalue weighted by molar-refractivity contribution is 5.92. The van der Waals surface area contributed by atoms with Gasteiger partial charge < -0.3 is 10.1 Å². The van der Waals surface area contributed by atoms with Crippen molar-refractivity contribution in [3.05, 3.63) is 77.0 Å². The number of nitrogens with zero attached hydrogens (tertiary/aromatic N) is 2. The van der Waals surface area contributed by atoms with E-state index in [0.29, 0.717) is 5.82 Å². The Hall–Kier alpha value is -3.41. The average Bonchev–Trinajstić information content (AvgIpc) is 3.14. The average molecular weight is 420 g/mol. The van der Waals surface area contributed by atoms with Gasteiger partial charge in [-0.3, -0.25) is 9.59 Å². The molecule has 6 nitrogen and oxygen atoms in total. The van der Waals surface area contributed by atoms with Gasteiger partial charge in [0.15, 0.2) is 6.61 Å². The third kappa shape index (κ3) is 5.81. The summed E-state index contributed by atoms with van der Waals surface area (Å²) in [5.41, 5.74) is 4.65. The van der Waals surface area contributed by atoms with Crippen LogP contribution in [0.25, 0.3) is 5.69 Å². The Morgan fingerprint density at radius 1 is 1.00 bits per heavy atom. The molecule has 0 aliphatic carbocycles. The molecule has 0 fully saturated rings. The predicted octanol–water partition coefficient (Wildman–Crippen LogP) is 4.51. The summed E-state index contributed by atoms with van der Waals surface area (Å²) in [6, 6.07) is 17.3. The van der Waals surface area contributed by atoms with Gasteiger partial charge in [0.2, 0.25) is 0 Å². The lowest BCUT2D eigenvalue weighted by Gasteiger charge is -2.14. The van der Waals surface area contributed by atoms with Gasteiger partial charge in [0.25, 0.3) is 5.91 Å². The third-order valence-corrected chi connectivity index (χ3v) is 5.03. The van der Waals surface area contributed by atoms with Crippen molar-refractivity contribution in [2.24, 2.45) is 0 Å². The first-order valence-corrected chi connectivity index (χ1v) is 10.3. The third-order valence-electron chi connectivity index (χ3n) is 5.03. The fraction of sp³-hybridized carbons (Fsp3) is 0.320. The molecule has 2 aromatic carbocycles. The summed E-state index contributed by atoms with van der Waals surface area (Å²) < 4.78 is 6.88. The summed E-state index contributed by atoms with van der Waals surface area (Å²) in [7, 11) is 0. The quantitative estimate of drug-likeness (QED) is 0.597. The first-order valence-electron chi connectivity index (χ1n) is 10.3. The minimum Gasteiger partial charge on any atom is -0.455 e. The molecule has 0 saturated carbocycles. The van der Waals surface area contributed by atoms with Gasteiger partial charge in [-0.25, -0.2) is 4.68 Å². The zero-order valence-corrected chi connectivity index (χ0v) is 18.7. The van der Waals surface area contributed by atoms with Crippen LogP contribution in [-0.2, 0) is 26.2 Å². The highest BCUT2D eigenvalue weighted by Gasteiger charge is 2.21. The van der Waals surface area contributed by atoms with E-state index in [1.807, 2.05) is 68.4 Å². The summed E-state index contributed by atoms with van der Waals surface area (Å²) >= 11 is 0. The van der Waals surface area contributed by atoms with Gasteiger partial charge in [-0.15, -0.1) is 0 Å². The molecule has 0 bridgehead atoms. The maximum atomic E-state index is 12.5. The standard InChI is InChI=1S/C25H29N3O3/c1-17-11-12-19(13-18(17)2)14-24(30)31-16-23(29)26-22-15-21(25(3,4)5)27-28(22)20-9-7-6-8-10-20/h6-13,15H,14,16H2,1-5H3,(H,26,29). The lowest BCUT2D eigenvalue weighted by molar-refractivity contribution is -0.146. The molecule has 3 rings (SSSR count). The molecule has 6 heteroatoms. The van der Waals surface area contributed by atoms with Gasteiger partial charge in [0.1, 0.15) is 5.82 Å². The number of hydrogen-bond donors (Lipinski definition) is 1. The molecule has 1 N–H and O–H groups in total. The van der Waals surface area contributed by atoms with E-state index in [2.05, 4.69) is 31.2 Å². The number of hydrogen-bond acceptors (Lipinski definition) is 4. The molecule has 1 heterocycles. The fourth-order valence-electron chi connectivity index (χ4n) is 3.06. The fourth-order valence-corrected chi connectivity index (χ4v) is 3.06. The Kier molecular flexibility index (Phi) is 6.59. The Bertz CT molecular complexity index is 1080. The van der Waals surface area contributed by atoms with Crippen LogP contribution >= 0.6 is 0 Å². The van der Waals surface area contributed by atoms with Crippen LogP contribution in [0, 0.1) is 13.8 Å². The Labute approximate surface area is 183 Å². The van der Waals surface area contributed by atoms with Gasteiger partial charge in [0.05, 0.1) is 17.8 Å².